The van der Waals surface area contributed by atoms with Crippen LogP contribution in [0.2, 0.25) is 0 Å². The molecule has 9 heteroatoms. The van der Waals surface area contributed by atoms with E-state index in [2.05, 4.69) is 16.0 Å². The fraction of sp³-hybridized carbons (Fsp3) is 0.200. The number of nitrogens with zero attached hydrogens (tertiary/aromatic N) is 1. The molecule has 2 aliphatic rings. The zero-order valence-electron chi connectivity index (χ0n) is 18.5. The standard InChI is InChI=1S/C25H24N4O4S/c1-16-7-9-18(10-8-16)27-25(31)29-14-13-19-20(29)11-12-21(23(19)17-5-3-2-4-6-17)34(32,33)22-15-26-24(30)28-22/h2-12,22H,13-15H2,1H3,(H,27,31)(H2,26,28,30). The van der Waals surface area contributed by atoms with Gasteiger partial charge in [-0.1, -0.05) is 48.0 Å². The predicted octanol–water partition coefficient (Wildman–Crippen LogP) is 3.67. The van der Waals surface area contributed by atoms with Crippen molar-refractivity contribution in [3.63, 3.8) is 0 Å². The lowest BCUT2D eigenvalue weighted by molar-refractivity contribution is 0.248. The second-order valence-electron chi connectivity index (χ2n) is 8.39. The lowest BCUT2D eigenvalue weighted by Gasteiger charge is -2.21. The molecule has 2 heterocycles. The summed E-state index contributed by atoms with van der Waals surface area (Å²) in [6.45, 7) is 2.40. The van der Waals surface area contributed by atoms with Crippen LogP contribution in [0.4, 0.5) is 21.0 Å². The van der Waals surface area contributed by atoms with Crippen LogP contribution in [-0.2, 0) is 16.3 Å². The van der Waals surface area contributed by atoms with E-state index in [1.165, 1.54) is 0 Å². The molecule has 3 aromatic carbocycles. The highest BCUT2D eigenvalue weighted by molar-refractivity contribution is 7.92. The molecular weight excluding hydrogens is 452 g/mol. The van der Waals surface area contributed by atoms with Gasteiger partial charge in [-0.3, -0.25) is 4.90 Å². The number of sulfone groups is 1. The number of carbonyl (C=O) groups excluding carboxylic acids is 2. The van der Waals surface area contributed by atoms with Crippen molar-refractivity contribution in [2.24, 2.45) is 0 Å². The number of nitrogens with one attached hydrogen (secondary N) is 3. The molecule has 4 amide bonds. The average Bonchev–Trinajstić information content (AvgIpc) is 3.47. The van der Waals surface area contributed by atoms with Gasteiger partial charge in [0.05, 0.1) is 11.4 Å². The molecule has 34 heavy (non-hydrogen) atoms. The molecule has 3 aromatic rings. The summed E-state index contributed by atoms with van der Waals surface area (Å²) >= 11 is 0. The fourth-order valence-corrected chi connectivity index (χ4v) is 6.09. The number of rotatable bonds is 4. The van der Waals surface area contributed by atoms with E-state index in [9.17, 15) is 18.0 Å². The molecule has 3 N–H and O–H groups in total. The van der Waals surface area contributed by atoms with E-state index in [4.69, 9.17) is 0 Å². The Morgan fingerprint density at radius 3 is 2.44 bits per heavy atom. The minimum Gasteiger partial charge on any atom is -0.335 e. The van der Waals surface area contributed by atoms with Crippen LogP contribution in [0.5, 0.6) is 0 Å². The molecule has 0 aromatic heterocycles. The summed E-state index contributed by atoms with van der Waals surface area (Å²) in [5.74, 6) is 0. The topological polar surface area (TPSA) is 108 Å². The molecule has 0 radical (unpaired) electrons. The Balaban J connectivity index is 1.56. The first-order chi connectivity index (χ1) is 16.3. The monoisotopic (exact) mass is 476 g/mol. The molecular formula is C25H24N4O4S. The molecule has 0 spiro atoms. The number of benzene rings is 3. The van der Waals surface area contributed by atoms with Crippen LogP contribution in [0.1, 0.15) is 11.1 Å². The van der Waals surface area contributed by atoms with E-state index in [-0.39, 0.29) is 17.5 Å². The molecule has 174 valence electrons. The quantitative estimate of drug-likeness (QED) is 0.534. The maximum absolute atomic E-state index is 13.5. The van der Waals surface area contributed by atoms with Crippen LogP contribution in [0, 0.1) is 6.92 Å². The number of urea groups is 2. The van der Waals surface area contributed by atoms with Crippen molar-refractivity contribution in [3.05, 3.63) is 77.9 Å². The van der Waals surface area contributed by atoms with Gasteiger partial charge in [0.15, 0.2) is 5.37 Å². The summed E-state index contributed by atoms with van der Waals surface area (Å²) in [6.07, 6.45) is 0.513. The highest BCUT2D eigenvalue weighted by Crippen LogP contribution is 2.41. The summed E-state index contributed by atoms with van der Waals surface area (Å²) in [5.41, 5.74) is 4.58. The van der Waals surface area contributed by atoms with E-state index in [0.717, 1.165) is 16.7 Å². The summed E-state index contributed by atoms with van der Waals surface area (Å²) in [5, 5.41) is 6.87. The molecule has 0 saturated carbocycles. The van der Waals surface area contributed by atoms with Gasteiger partial charge in [0.25, 0.3) is 0 Å². The zero-order chi connectivity index (χ0) is 23.9. The van der Waals surface area contributed by atoms with Crippen molar-refractivity contribution in [1.29, 1.82) is 0 Å². The normalized spacial score (nSPS) is 17.1. The van der Waals surface area contributed by atoms with E-state index in [0.29, 0.717) is 29.9 Å². The molecule has 0 aliphatic carbocycles. The third-order valence-corrected chi connectivity index (χ3v) is 8.14. The second kappa shape index (κ2) is 8.49. The van der Waals surface area contributed by atoms with Crippen molar-refractivity contribution in [2.75, 3.05) is 23.3 Å². The van der Waals surface area contributed by atoms with Crippen LogP contribution in [-0.4, -0.2) is 38.9 Å². The van der Waals surface area contributed by atoms with E-state index >= 15 is 0 Å². The lowest BCUT2D eigenvalue weighted by Crippen LogP contribution is -2.35. The Bertz CT molecular complexity index is 1370. The molecule has 1 atom stereocenters. The molecule has 2 aliphatic heterocycles. The van der Waals surface area contributed by atoms with Crippen LogP contribution >= 0.6 is 0 Å². The van der Waals surface area contributed by atoms with Crippen molar-refractivity contribution >= 4 is 33.3 Å². The van der Waals surface area contributed by atoms with Crippen LogP contribution in [0.3, 0.4) is 0 Å². The largest absolute Gasteiger partial charge is 0.335 e. The third kappa shape index (κ3) is 3.88. The molecule has 8 nitrogen and oxygen atoms in total. The SMILES string of the molecule is Cc1ccc(NC(=O)N2CCc3c2ccc(S(=O)(=O)C2CNC(=O)N2)c3-c2ccccc2)cc1. The minimum absolute atomic E-state index is 0.00242. The third-order valence-electron chi connectivity index (χ3n) is 6.16. The van der Waals surface area contributed by atoms with Crippen molar-refractivity contribution in [3.8, 4) is 11.1 Å². The fourth-order valence-electron chi connectivity index (χ4n) is 4.44. The maximum Gasteiger partial charge on any atom is 0.326 e. The van der Waals surface area contributed by atoms with Gasteiger partial charge in [-0.15, -0.1) is 0 Å². The van der Waals surface area contributed by atoms with Crippen molar-refractivity contribution < 1.29 is 18.0 Å². The lowest BCUT2D eigenvalue weighted by atomic mass is 9.98. The van der Waals surface area contributed by atoms with Gasteiger partial charge in [0, 0.05) is 23.5 Å². The number of amides is 4. The molecule has 1 unspecified atom stereocenters. The number of anilines is 2. The molecule has 5 rings (SSSR count). The van der Waals surface area contributed by atoms with Gasteiger partial charge in [-0.05, 0) is 48.7 Å². The number of aryl methyl sites for hydroxylation is 1. The first-order valence-corrected chi connectivity index (χ1v) is 12.5. The Kier molecular flexibility index (Phi) is 5.49. The van der Waals surface area contributed by atoms with E-state index < -0.39 is 21.2 Å². The second-order valence-corrected chi connectivity index (χ2v) is 10.5. The zero-order valence-corrected chi connectivity index (χ0v) is 19.4. The smallest absolute Gasteiger partial charge is 0.326 e. The van der Waals surface area contributed by atoms with Gasteiger partial charge >= 0.3 is 12.1 Å². The number of fused-ring (bicyclic) bond motifs is 1. The minimum atomic E-state index is -3.88. The Morgan fingerprint density at radius 1 is 1.03 bits per heavy atom. The summed E-state index contributed by atoms with van der Waals surface area (Å²) in [4.78, 5) is 26.5. The molecule has 1 fully saturated rings. The highest BCUT2D eigenvalue weighted by atomic mass is 32.2. The van der Waals surface area contributed by atoms with Crippen LogP contribution < -0.4 is 20.9 Å². The van der Waals surface area contributed by atoms with Gasteiger partial charge in [-0.2, -0.15) is 0 Å². The summed E-state index contributed by atoms with van der Waals surface area (Å²) in [6, 6.07) is 19.3. The first kappa shape index (κ1) is 22.0. The number of carbonyl (C=O) groups is 2. The average molecular weight is 477 g/mol. The van der Waals surface area contributed by atoms with Gasteiger partial charge < -0.3 is 16.0 Å². The Morgan fingerprint density at radius 2 is 1.76 bits per heavy atom. The maximum atomic E-state index is 13.5. The Hall–Kier alpha value is -3.85. The predicted molar refractivity (Wildman–Crippen MR) is 131 cm³/mol. The van der Waals surface area contributed by atoms with Gasteiger partial charge in [0.1, 0.15) is 0 Å². The van der Waals surface area contributed by atoms with Gasteiger partial charge in [0.2, 0.25) is 9.84 Å². The van der Waals surface area contributed by atoms with Crippen molar-refractivity contribution in [1.82, 2.24) is 10.6 Å². The molecule has 0 bridgehead atoms. The van der Waals surface area contributed by atoms with Crippen LogP contribution in [0.25, 0.3) is 11.1 Å². The summed E-state index contributed by atoms with van der Waals surface area (Å²) in [7, 11) is -3.88. The number of hydrogen-bond donors (Lipinski definition) is 3. The molecule has 1 saturated heterocycles. The van der Waals surface area contributed by atoms with Gasteiger partial charge in [-0.25, -0.2) is 18.0 Å². The number of hydrogen-bond acceptors (Lipinski definition) is 4. The van der Waals surface area contributed by atoms with E-state index in [1.807, 2.05) is 61.5 Å². The first-order valence-electron chi connectivity index (χ1n) is 11.0. The van der Waals surface area contributed by atoms with Crippen molar-refractivity contribution in [2.45, 2.75) is 23.6 Å². The highest BCUT2D eigenvalue weighted by Gasteiger charge is 2.38. The van der Waals surface area contributed by atoms with Crippen LogP contribution in [0.15, 0.2) is 71.6 Å². The Labute approximate surface area is 197 Å². The summed E-state index contributed by atoms with van der Waals surface area (Å²) < 4.78 is 27.0. The van der Waals surface area contributed by atoms with E-state index in [1.54, 1.807) is 17.0 Å².